The van der Waals surface area contributed by atoms with Crippen molar-refractivity contribution >= 4 is 24.1 Å². The Morgan fingerprint density at radius 3 is 2.00 bits per heavy atom. The number of Topliss-reactive ketones (excluding diaryl/α,β-unsaturated/α-hetero) is 1. The van der Waals surface area contributed by atoms with Crippen LogP contribution in [0.2, 0.25) is 0 Å². The highest BCUT2D eigenvalue weighted by atomic mass is 35.5. The Morgan fingerprint density at radius 1 is 1.18 bits per heavy atom. The zero-order valence-corrected chi connectivity index (χ0v) is 7.32. The number of ketones is 1. The molecule has 0 aromatic carbocycles. The van der Waals surface area contributed by atoms with Gasteiger partial charge < -0.3 is 4.90 Å². The monoisotopic (exact) mass is 177 g/mol. The van der Waals surface area contributed by atoms with E-state index in [0.29, 0.717) is 0 Å². The van der Waals surface area contributed by atoms with E-state index in [4.69, 9.17) is 0 Å². The summed E-state index contributed by atoms with van der Waals surface area (Å²) in [6, 6.07) is 0. The van der Waals surface area contributed by atoms with E-state index >= 15 is 0 Å². The number of likely N-dealkylation sites (tertiary alicyclic amines) is 1. The van der Waals surface area contributed by atoms with E-state index < -0.39 is 0 Å². The van der Waals surface area contributed by atoms with Crippen LogP contribution >= 0.6 is 12.4 Å². The molecule has 64 valence electrons. The maximum absolute atomic E-state index is 10.9. The summed E-state index contributed by atoms with van der Waals surface area (Å²) in [5, 5.41) is 0. The third-order valence-corrected chi connectivity index (χ3v) is 1.69. The first-order valence-electron chi connectivity index (χ1n) is 3.51. The molecular weight excluding hydrogens is 166 g/mol. The summed E-state index contributed by atoms with van der Waals surface area (Å²) < 4.78 is 0. The number of halogens is 1. The molecule has 1 aliphatic rings. The predicted molar refractivity (Wildman–Crippen MR) is 43.7 cm³/mol. The topological polar surface area (TPSA) is 37.4 Å². The molecule has 0 aliphatic carbocycles. The van der Waals surface area contributed by atoms with E-state index in [1.807, 2.05) is 0 Å². The minimum atomic E-state index is -0.345. The van der Waals surface area contributed by atoms with Gasteiger partial charge in [-0.05, 0) is 12.8 Å². The van der Waals surface area contributed by atoms with Gasteiger partial charge in [0.25, 0.3) is 5.91 Å². The molecule has 4 heteroatoms. The zero-order valence-electron chi connectivity index (χ0n) is 6.50. The highest BCUT2D eigenvalue weighted by Crippen LogP contribution is 2.07. The first-order valence-corrected chi connectivity index (χ1v) is 3.51. The third-order valence-electron chi connectivity index (χ3n) is 1.69. The molecule has 0 aromatic rings. The lowest BCUT2D eigenvalue weighted by molar-refractivity contribution is -0.142. The van der Waals surface area contributed by atoms with Crippen LogP contribution in [0.3, 0.4) is 0 Å². The van der Waals surface area contributed by atoms with Gasteiger partial charge in [-0.2, -0.15) is 0 Å². The van der Waals surface area contributed by atoms with Crippen LogP contribution in [0.15, 0.2) is 0 Å². The van der Waals surface area contributed by atoms with Crippen molar-refractivity contribution in [1.29, 1.82) is 0 Å². The second-order valence-electron chi connectivity index (χ2n) is 2.56. The van der Waals surface area contributed by atoms with Gasteiger partial charge >= 0.3 is 0 Å². The SMILES string of the molecule is CC(=O)C(=O)N1CCCC1.Cl. The van der Waals surface area contributed by atoms with Crippen molar-refractivity contribution in [3.63, 3.8) is 0 Å². The normalized spacial score (nSPS) is 15.9. The lowest BCUT2D eigenvalue weighted by Crippen LogP contribution is -2.32. The van der Waals surface area contributed by atoms with E-state index in [-0.39, 0.29) is 24.1 Å². The Balaban J connectivity index is 0.000001000. The summed E-state index contributed by atoms with van der Waals surface area (Å²) in [5.41, 5.74) is 0. The smallest absolute Gasteiger partial charge is 0.289 e. The average Bonchev–Trinajstić information content (AvgIpc) is 2.36. The molecule has 1 rings (SSSR count). The minimum absolute atomic E-state index is 0. The standard InChI is InChI=1S/C7H11NO2.ClH/c1-6(9)7(10)8-4-2-3-5-8;/h2-5H2,1H3;1H. The Kier molecular flexibility index (Phi) is 4.11. The lowest BCUT2D eigenvalue weighted by atomic mass is 10.4. The number of carbonyl (C=O) groups is 2. The fourth-order valence-corrected chi connectivity index (χ4v) is 1.14. The van der Waals surface area contributed by atoms with Gasteiger partial charge in [0.2, 0.25) is 5.78 Å². The van der Waals surface area contributed by atoms with Crippen molar-refractivity contribution in [1.82, 2.24) is 4.90 Å². The first kappa shape index (κ1) is 10.4. The van der Waals surface area contributed by atoms with E-state index in [1.165, 1.54) is 6.92 Å². The molecule has 0 N–H and O–H groups in total. The summed E-state index contributed by atoms with van der Waals surface area (Å²) in [4.78, 5) is 23.1. The number of hydrogen-bond donors (Lipinski definition) is 0. The zero-order chi connectivity index (χ0) is 7.56. The van der Waals surface area contributed by atoms with Gasteiger partial charge in [-0.25, -0.2) is 0 Å². The van der Waals surface area contributed by atoms with Crippen LogP contribution in [0.1, 0.15) is 19.8 Å². The van der Waals surface area contributed by atoms with Gasteiger partial charge in [-0.15, -0.1) is 12.4 Å². The van der Waals surface area contributed by atoms with Crippen LogP contribution < -0.4 is 0 Å². The van der Waals surface area contributed by atoms with Crippen molar-refractivity contribution < 1.29 is 9.59 Å². The van der Waals surface area contributed by atoms with Crippen molar-refractivity contribution in [2.24, 2.45) is 0 Å². The van der Waals surface area contributed by atoms with Crippen molar-refractivity contribution in [3.05, 3.63) is 0 Å². The lowest BCUT2D eigenvalue weighted by Gasteiger charge is -2.11. The Morgan fingerprint density at radius 2 is 1.64 bits per heavy atom. The summed E-state index contributed by atoms with van der Waals surface area (Å²) in [5.74, 6) is -0.667. The van der Waals surface area contributed by atoms with E-state index in [9.17, 15) is 9.59 Å². The van der Waals surface area contributed by atoms with Gasteiger partial charge in [0, 0.05) is 20.0 Å². The Labute approximate surface area is 72.2 Å². The Hall–Kier alpha value is -0.570. The quantitative estimate of drug-likeness (QED) is 0.551. The van der Waals surface area contributed by atoms with Gasteiger partial charge in [0.15, 0.2) is 0 Å². The number of hydrogen-bond acceptors (Lipinski definition) is 2. The molecule has 0 spiro atoms. The largest absolute Gasteiger partial charge is 0.336 e. The molecule has 1 amide bonds. The molecule has 1 heterocycles. The van der Waals surface area contributed by atoms with Crippen LogP contribution in [0.25, 0.3) is 0 Å². The summed E-state index contributed by atoms with van der Waals surface area (Å²) in [6.07, 6.45) is 2.08. The summed E-state index contributed by atoms with van der Waals surface area (Å²) in [7, 11) is 0. The number of rotatable bonds is 1. The molecule has 1 aliphatic heterocycles. The number of amides is 1. The molecule has 0 bridgehead atoms. The molecule has 1 saturated heterocycles. The van der Waals surface area contributed by atoms with Crippen LogP contribution in [0.4, 0.5) is 0 Å². The predicted octanol–water partition coefficient (Wildman–Crippen LogP) is 0.620. The molecule has 3 nitrogen and oxygen atoms in total. The van der Waals surface area contributed by atoms with Crippen LogP contribution in [-0.4, -0.2) is 29.7 Å². The molecule has 1 fully saturated rings. The van der Waals surface area contributed by atoms with Crippen LogP contribution in [0.5, 0.6) is 0 Å². The summed E-state index contributed by atoms with van der Waals surface area (Å²) in [6.45, 7) is 2.84. The maximum atomic E-state index is 10.9. The average molecular weight is 178 g/mol. The molecule has 0 saturated carbocycles. The Bertz CT molecular complexity index is 164. The van der Waals surface area contributed by atoms with E-state index in [0.717, 1.165) is 25.9 Å². The number of carbonyl (C=O) groups excluding carboxylic acids is 2. The maximum Gasteiger partial charge on any atom is 0.289 e. The van der Waals surface area contributed by atoms with Gasteiger partial charge in [-0.3, -0.25) is 9.59 Å². The second kappa shape index (κ2) is 4.34. The highest BCUT2D eigenvalue weighted by molar-refractivity contribution is 6.35. The van der Waals surface area contributed by atoms with Gasteiger partial charge in [0.05, 0.1) is 0 Å². The highest BCUT2D eigenvalue weighted by Gasteiger charge is 2.20. The van der Waals surface area contributed by atoms with Crippen LogP contribution in [-0.2, 0) is 9.59 Å². The fraction of sp³-hybridized carbons (Fsp3) is 0.714. The van der Waals surface area contributed by atoms with Gasteiger partial charge in [0.1, 0.15) is 0 Å². The molecule has 0 aromatic heterocycles. The van der Waals surface area contributed by atoms with Gasteiger partial charge in [-0.1, -0.05) is 0 Å². The third kappa shape index (κ3) is 2.50. The van der Waals surface area contributed by atoms with Crippen molar-refractivity contribution in [2.45, 2.75) is 19.8 Å². The van der Waals surface area contributed by atoms with E-state index in [1.54, 1.807) is 4.90 Å². The molecular formula is C7H12ClNO2. The van der Waals surface area contributed by atoms with Crippen LogP contribution in [0, 0.1) is 0 Å². The minimum Gasteiger partial charge on any atom is -0.336 e. The summed E-state index contributed by atoms with van der Waals surface area (Å²) >= 11 is 0. The van der Waals surface area contributed by atoms with Crippen molar-refractivity contribution in [3.8, 4) is 0 Å². The van der Waals surface area contributed by atoms with Crippen molar-refractivity contribution in [2.75, 3.05) is 13.1 Å². The molecule has 11 heavy (non-hydrogen) atoms. The fourth-order valence-electron chi connectivity index (χ4n) is 1.14. The molecule has 0 radical (unpaired) electrons. The second-order valence-corrected chi connectivity index (χ2v) is 2.56. The molecule has 0 atom stereocenters. The number of nitrogens with zero attached hydrogens (tertiary/aromatic N) is 1. The van der Waals surface area contributed by atoms with E-state index in [2.05, 4.69) is 0 Å². The first-order chi connectivity index (χ1) is 4.72. The molecule has 0 unspecified atom stereocenters.